The van der Waals surface area contributed by atoms with E-state index in [0.29, 0.717) is 0 Å². The van der Waals surface area contributed by atoms with E-state index in [9.17, 15) is 10.2 Å². The van der Waals surface area contributed by atoms with Crippen LogP contribution >= 0.6 is 22.7 Å². The summed E-state index contributed by atoms with van der Waals surface area (Å²) in [4.78, 5) is 0. The fourth-order valence-electron chi connectivity index (χ4n) is 1.96. The maximum absolute atomic E-state index is 10.2. The Kier molecular flexibility index (Phi) is 3.40. The second-order valence-electron chi connectivity index (χ2n) is 5.52. The molecule has 2 heterocycles. The number of aliphatic hydroxyl groups is 2. The summed E-state index contributed by atoms with van der Waals surface area (Å²) >= 11 is 3.15. The molecule has 0 aromatic carbocycles. The Morgan fingerprint density at radius 3 is 1.33 bits per heavy atom. The van der Waals surface area contributed by atoms with Gasteiger partial charge in [-0.1, -0.05) is 0 Å². The van der Waals surface area contributed by atoms with Crippen LogP contribution in [0.25, 0.3) is 11.1 Å². The maximum atomic E-state index is 10.2. The first kappa shape index (κ1) is 13.7. The van der Waals surface area contributed by atoms with Crippen LogP contribution in [0, 0.1) is 0 Å². The molecule has 4 heteroatoms. The molecule has 2 aromatic rings. The predicted octanol–water partition coefficient (Wildman–Crippen LogP) is 3.93. The van der Waals surface area contributed by atoms with Crippen molar-refractivity contribution in [3.63, 3.8) is 0 Å². The van der Waals surface area contributed by atoms with E-state index in [2.05, 4.69) is 0 Å². The lowest BCUT2D eigenvalue weighted by molar-refractivity contribution is 0.0773. The Bertz CT molecular complexity index is 488. The van der Waals surface area contributed by atoms with Crippen LogP contribution in [0.1, 0.15) is 38.8 Å². The monoisotopic (exact) mass is 282 g/mol. The molecule has 0 radical (unpaired) electrons. The van der Waals surface area contributed by atoms with Crippen LogP contribution in [0.4, 0.5) is 0 Å². The Morgan fingerprint density at radius 1 is 0.722 bits per heavy atom. The third-order valence-corrected chi connectivity index (χ3v) is 4.42. The second-order valence-corrected chi connectivity index (χ2v) is 7.00. The van der Waals surface area contributed by atoms with Gasteiger partial charge in [0.05, 0.1) is 11.2 Å². The first-order chi connectivity index (χ1) is 8.21. The molecule has 0 saturated carbocycles. The van der Waals surface area contributed by atoms with Gasteiger partial charge in [-0.2, -0.15) is 22.7 Å². The van der Waals surface area contributed by atoms with Gasteiger partial charge in [-0.15, -0.1) is 0 Å². The summed E-state index contributed by atoms with van der Waals surface area (Å²) in [6.45, 7) is 7.15. The van der Waals surface area contributed by atoms with Gasteiger partial charge >= 0.3 is 0 Å². The zero-order chi connectivity index (χ0) is 13.6. The Labute approximate surface area is 116 Å². The first-order valence-corrected chi connectivity index (χ1v) is 7.68. The number of hydrogen-bond donors (Lipinski definition) is 2. The molecule has 0 atom stereocenters. The maximum Gasteiger partial charge on any atom is 0.0854 e. The molecule has 2 nitrogen and oxygen atoms in total. The largest absolute Gasteiger partial charge is 0.386 e. The fraction of sp³-hybridized carbons (Fsp3) is 0.429. The lowest BCUT2D eigenvalue weighted by atomic mass is 9.89. The number of hydrogen-bond acceptors (Lipinski definition) is 4. The molecule has 0 aliphatic heterocycles. The Balaban J connectivity index is 2.58. The van der Waals surface area contributed by atoms with Crippen LogP contribution in [-0.4, -0.2) is 10.2 Å². The summed E-state index contributed by atoms with van der Waals surface area (Å²) in [6.07, 6.45) is 0. The average molecular weight is 282 g/mol. The molecule has 0 aliphatic rings. The molecule has 98 valence electrons. The minimum atomic E-state index is -0.867. The molecule has 0 bridgehead atoms. The van der Waals surface area contributed by atoms with Crippen molar-refractivity contribution in [3.8, 4) is 11.1 Å². The molecule has 0 unspecified atom stereocenters. The summed E-state index contributed by atoms with van der Waals surface area (Å²) in [7, 11) is 0. The molecule has 18 heavy (non-hydrogen) atoms. The van der Waals surface area contributed by atoms with E-state index >= 15 is 0 Å². The van der Waals surface area contributed by atoms with E-state index in [1.165, 1.54) is 0 Å². The quantitative estimate of drug-likeness (QED) is 0.895. The molecular weight excluding hydrogens is 264 g/mol. The molecule has 2 aromatic heterocycles. The van der Waals surface area contributed by atoms with Gasteiger partial charge in [0.15, 0.2) is 0 Å². The summed E-state index contributed by atoms with van der Waals surface area (Å²) in [5.41, 5.74) is 2.13. The number of rotatable bonds is 3. The van der Waals surface area contributed by atoms with Gasteiger partial charge in [0, 0.05) is 11.1 Å². The Morgan fingerprint density at radius 2 is 1.06 bits per heavy atom. The summed E-state index contributed by atoms with van der Waals surface area (Å²) in [5.74, 6) is 0. The van der Waals surface area contributed by atoms with Crippen molar-refractivity contribution in [2.24, 2.45) is 0 Å². The average Bonchev–Trinajstić information content (AvgIpc) is 2.83. The van der Waals surface area contributed by atoms with Gasteiger partial charge in [0.2, 0.25) is 0 Å². The molecule has 2 rings (SSSR count). The van der Waals surface area contributed by atoms with E-state index in [0.717, 1.165) is 22.3 Å². The molecule has 2 N–H and O–H groups in total. The van der Waals surface area contributed by atoms with Crippen LogP contribution in [0.3, 0.4) is 0 Å². The van der Waals surface area contributed by atoms with E-state index < -0.39 is 11.2 Å². The molecule has 0 aliphatic carbocycles. The highest BCUT2D eigenvalue weighted by atomic mass is 32.1. The highest BCUT2D eigenvalue weighted by molar-refractivity contribution is 7.09. The van der Waals surface area contributed by atoms with Crippen LogP contribution in [0.15, 0.2) is 21.5 Å². The van der Waals surface area contributed by atoms with E-state index in [1.54, 1.807) is 50.4 Å². The van der Waals surface area contributed by atoms with Crippen molar-refractivity contribution < 1.29 is 10.2 Å². The van der Waals surface area contributed by atoms with Crippen LogP contribution in [-0.2, 0) is 11.2 Å². The fourth-order valence-corrected chi connectivity index (χ4v) is 3.98. The molecule has 0 fully saturated rings. The molecule has 0 spiro atoms. The first-order valence-electron chi connectivity index (χ1n) is 5.79. The summed E-state index contributed by atoms with van der Waals surface area (Å²) in [6, 6.07) is 0. The van der Waals surface area contributed by atoms with Crippen molar-refractivity contribution in [2.75, 3.05) is 0 Å². The molecule has 0 saturated heterocycles. The standard InChI is InChI=1S/C14H18O2S2/c1-13(2,15)11-7-17-5-9(11)10-6-18-8-12(10)14(3,4)16/h5-8,15-16H,1-4H3. The molecular formula is C14H18O2S2. The highest BCUT2D eigenvalue weighted by Gasteiger charge is 2.27. The van der Waals surface area contributed by atoms with E-state index in [1.807, 2.05) is 21.5 Å². The van der Waals surface area contributed by atoms with Crippen molar-refractivity contribution in [1.29, 1.82) is 0 Å². The zero-order valence-electron chi connectivity index (χ0n) is 11.0. The minimum Gasteiger partial charge on any atom is -0.386 e. The van der Waals surface area contributed by atoms with Gasteiger partial charge in [-0.3, -0.25) is 0 Å². The van der Waals surface area contributed by atoms with Crippen LogP contribution in [0.5, 0.6) is 0 Å². The lowest BCUT2D eigenvalue weighted by Gasteiger charge is -2.22. The zero-order valence-corrected chi connectivity index (χ0v) is 12.7. The topological polar surface area (TPSA) is 40.5 Å². The minimum absolute atomic E-state index is 0.867. The lowest BCUT2D eigenvalue weighted by Crippen LogP contribution is -2.18. The third-order valence-electron chi connectivity index (χ3n) is 2.93. The SMILES string of the molecule is CC(C)(O)c1cscc1-c1cscc1C(C)(C)O. The summed E-state index contributed by atoms with van der Waals surface area (Å²) < 4.78 is 0. The van der Waals surface area contributed by atoms with Gasteiger partial charge in [0.1, 0.15) is 0 Å². The van der Waals surface area contributed by atoms with Crippen molar-refractivity contribution in [2.45, 2.75) is 38.9 Å². The number of thiophene rings is 2. The third kappa shape index (κ3) is 2.52. The molecule has 0 amide bonds. The predicted molar refractivity (Wildman–Crippen MR) is 78.1 cm³/mol. The van der Waals surface area contributed by atoms with Crippen LogP contribution < -0.4 is 0 Å². The van der Waals surface area contributed by atoms with Crippen molar-refractivity contribution >= 4 is 22.7 Å². The van der Waals surface area contributed by atoms with Gasteiger partial charge in [-0.05, 0) is 60.3 Å². The van der Waals surface area contributed by atoms with Gasteiger partial charge in [0.25, 0.3) is 0 Å². The smallest absolute Gasteiger partial charge is 0.0854 e. The van der Waals surface area contributed by atoms with E-state index in [-0.39, 0.29) is 0 Å². The Hall–Kier alpha value is -0.680. The summed E-state index contributed by atoms with van der Waals surface area (Å²) in [5, 5.41) is 28.4. The highest BCUT2D eigenvalue weighted by Crippen LogP contribution is 2.40. The van der Waals surface area contributed by atoms with Crippen LogP contribution in [0.2, 0.25) is 0 Å². The second kappa shape index (κ2) is 4.46. The normalized spacial score (nSPS) is 13.0. The van der Waals surface area contributed by atoms with Gasteiger partial charge < -0.3 is 10.2 Å². The van der Waals surface area contributed by atoms with Crippen molar-refractivity contribution in [1.82, 2.24) is 0 Å². The van der Waals surface area contributed by atoms with Gasteiger partial charge in [-0.25, -0.2) is 0 Å². The van der Waals surface area contributed by atoms with E-state index in [4.69, 9.17) is 0 Å². The van der Waals surface area contributed by atoms with Crippen molar-refractivity contribution in [3.05, 3.63) is 32.6 Å².